The lowest BCUT2D eigenvalue weighted by molar-refractivity contribution is -0.156. The summed E-state index contributed by atoms with van der Waals surface area (Å²) in [5.74, 6) is 0.515. The van der Waals surface area contributed by atoms with Gasteiger partial charge in [0, 0.05) is 13.1 Å². The van der Waals surface area contributed by atoms with Gasteiger partial charge in [0.1, 0.15) is 12.3 Å². The molecule has 22 heavy (non-hydrogen) atoms. The standard InChI is InChI=1S/C18H26FNO2/c1-18(2,3)22-17(21)13-20(12-16-8-9-16)11-15-6-4-14(10-19)5-7-15/h4-7,16H,8-13H2,1-3H3. The second-order valence-corrected chi connectivity index (χ2v) is 7.15. The fourth-order valence-corrected chi connectivity index (χ4v) is 2.40. The van der Waals surface area contributed by atoms with Crippen molar-refractivity contribution in [2.24, 2.45) is 5.92 Å². The van der Waals surface area contributed by atoms with E-state index in [-0.39, 0.29) is 5.97 Å². The lowest BCUT2D eigenvalue weighted by Gasteiger charge is -2.25. The van der Waals surface area contributed by atoms with Gasteiger partial charge in [0.05, 0.1) is 6.54 Å². The number of nitrogens with zero attached hydrogens (tertiary/aromatic N) is 1. The Balaban J connectivity index is 1.94. The molecular weight excluding hydrogens is 281 g/mol. The fourth-order valence-electron chi connectivity index (χ4n) is 2.40. The fraction of sp³-hybridized carbons (Fsp3) is 0.611. The molecule has 0 atom stereocenters. The Morgan fingerprint density at radius 2 is 1.82 bits per heavy atom. The Hall–Kier alpha value is -1.42. The second-order valence-electron chi connectivity index (χ2n) is 7.15. The van der Waals surface area contributed by atoms with Crippen molar-refractivity contribution in [1.82, 2.24) is 4.90 Å². The predicted molar refractivity (Wildman–Crippen MR) is 85.1 cm³/mol. The number of esters is 1. The smallest absolute Gasteiger partial charge is 0.320 e. The number of benzene rings is 1. The Morgan fingerprint density at radius 3 is 2.32 bits per heavy atom. The maximum atomic E-state index is 12.6. The van der Waals surface area contributed by atoms with Crippen LogP contribution in [-0.4, -0.2) is 29.6 Å². The van der Waals surface area contributed by atoms with Gasteiger partial charge in [0.25, 0.3) is 0 Å². The van der Waals surface area contributed by atoms with Crippen molar-refractivity contribution >= 4 is 5.97 Å². The molecule has 0 N–H and O–H groups in total. The molecule has 0 bridgehead atoms. The third-order valence-electron chi connectivity index (χ3n) is 3.57. The number of carbonyl (C=O) groups excluding carboxylic acids is 1. The average molecular weight is 307 g/mol. The average Bonchev–Trinajstić information content (AvgIpc) is 3.21. The van der Waals surface area contributed by atoms with Crippen LogP contribution < -0.4 is 0 Å². The van der Waals surface area contributed by atoms with E-state index in [9.17, 15) is 9.18 Å². The van der Waals surface area contributed by atoms with Crippen molar-refractivity contribution in [3.63, 3.8) is 0 Å². The molecule has 1 aromatic rings. The maximum absolute atomic E-state index is 12.6. The number of carbonyl (C=O) groups is 1. The molecule has 0 saturated heterocycles. The first-order valence-electron chi connectivity index (χ1n) is 7.94. The highest BCUT2D eigenvalue weighted by atomic mass is 19.1. The van der Waals surface area contributed by atoms with E-state index in [4.69, 9.17) is 4.74 Å². The third-order valence-corrected chi connectivity index (χ3v) is 3.57. The molecule has 0 aliphatic heterocycles. The van der Waals surface area contributed by atoms with E-state index in [1.807, 2.05) is 32.9 Å². The summed E-state index contributed by atoms with van der Waals surface area (Å²) in [6.07, 6.45) is 2.48. The quantitative estimate of drug-likeness (QED) is 0.719. The summed E-state index contributed by atoms with van der Waals surface area (Å²) >= 11 is 0. The van der Waals surface area contributed by atoms with Crippen LogP contribution in [0.5, 0.6) is 0 Å². The van der Waals surface area contributed by atoms with Gasteiger partial charge in [0.15, 0.2) is 0 Å². The zero-order valence-corrected chi connectivity index (χ0v) is 13.8. The molecule has 3 nitrogen and oxygen atoms in total. The van der Waals surface area contributed by atoms with Gasteiger partial charge < -0.3 is 4.74 Å². The van der Waals surface area contributed by atoms with Gasteiger partial charge in [-0.15, -0.1) is 0 Å². The molecule has 0 heterocycles. The van der Waals surface area contributed by atoms with Crippen molar-refractivity contribution in [2.75, 3.05) is 13.1 Å². The minimum atomic E-state index is -0.453. The van der Waals surface area contributed by atoms with Crippen LogP contribution in [0.4, 0.5) is 4.39 Å². The van der Waals surface area contributed by atoms with E-state index in [0.717, 1.165) is 12.1 Å². The van der Waals surface area contributed by atoms with Crippen LogP contribution in [0.3, 0.4) is 0 Å². The van der Waals surface area contributed by atoms with Crippen molar-refractivity contribution in [3.8, 4) is 0 Å². The van der Waals surface area contributed by atoms with Gasteiger partial charge in [-0.1, -0.05) is 24.3 Å². The topological polar surface area (TPSA) is 29.5 Å². The number of alkyl halides is 1. The predicted octanol–water partition coefficient (Wildman–Crippen LogP) is 3.71. The summed E-state index contributed by atoms with van der Waals surface area (Å²) in [6.45, 7) is 7.12. The lowest BCUT2D eigenvalue weighted by atomic mass is 10.1. The molecule has 1 aliphatic carbocycles. The molecule has 0 aromatic heterocycles. The third kappa shape index (κ3) is 6.14. The van der Waals surface area contributed by atoms with E-state index in [1.54, 1.807) is 12.1 Å². The summed E-state index contributed by atoms with van der Waals surface area (Å²) in [7, 11) is 0. The number of rotatable bonds is 7. The molecular formula is C18H26FNO2. The van der Waals surface area contributed by atoms with Crippen LogP contribution in [0, 0.1) is 5.92 Å². The molecule has 1 fully saturated rings. The molecule has 0 unspecified atom stereocenters. The summed E-state index contributed by atoms with van der Waals surface area (Å²) in [4.78, 5) is 14.2. The summed E-state index contributed by atoms with van der Waals surface area (Å²) in [5, 5.41) is 0. The van der Waals surface area contributed by atoms with Crippen molar-refractivity contribution in [3.05, 3.63) is 35.4 Å². The molecule has 1 aromatic carbocycles. The number of hydrogen-bond donors (Lipinski definition) is 0. The Bertz CT molecular complexity index is 489. The highest BCUT2D eigenvalue weighted by Crippen LogP contribution is 2.30. The van der Waals surface area contributed by atoms with Gasteiger partial charge in [0.2, 0.25) is 0 Å². The first-order valence-corrected chi connectivity index (χ1v) is 7.94. The normalized spacial score (nSPS) is 15.1. The highest BCUT2D eigenvalue weighted by Gasteiger charge is 2.26. The van der Waals surface area contributed by atoms with Gasteiger partial charge >= 0.3 is 5.97 Å². The minimum absolute atomic E-state index is 0.187. The van der Waals surface area contributed by atoms with E-state index < -0.39 is 12.3 Å². The second kappa shape index (κ2) is 7.23. The van der Waals surface area contributed by atoms with Crippen LogP contribution >= 0.6 is 0 Å². The van der Waals surface area contributed by atoms with E-state index >= 15 is 0 Å². The summed E-state index contributed by atoms with van der Waals surface area (Å²) < 4.78 is 18.0. The molecule has 122 valence electrons. The first kappa shape index (κ1) is 16.9. The maximum Gasteiger partial charge on any atom is 0.320 e. The van der Waals surface area contributed by atoms with Crippen molar-refractivity contribution in [2.45, 2.75) is 52.4 Å². The van der Waals surface area contributed by atoms with E-state index in [1.165, 1.54) is 12.8 Å². The van der Waals surface area contributed by atoms with Gasteiger partial charge in [-0.3, -0.25) is 9.69 Å². The van der Waals surface area contributed by atoms with Gasteiger partial charge in [-0.25, -0.2) is 4.39 Å². The number of hydrogen-bond acceptors (Lipinski definition) is 3. The number of halogens is 1. The first-order chi connectivity index (χ1) is 10.4. The van der Waals surface area contributed by atoms with Gasteiger partial charge in [-0.05, 0) is 50.7 Å². The Labute approximate surface area is 132 Å². The molecule has 1 saturated carbocycles. The summed E-state index contributed by atoms with van der Waals surface area (Å²) in [5.41, 5.74) is 1.33. The summed E-state index contributed by atoms with van der Waals surface area (Å²) in [6, 6.07) is 7.48. The molecule has 2 rings (SSSR count). The molecule has 1 aliphatic rings. The van der Waals surface area contributed by atoms with Crippen LogP contribution in [0.25, 0.3) is 0 Å². The van der Waals surface area contributed by atoms with E-state index in [0.29, 0.717) is 24.6 Å². The Morgan fingerprint density at radius 1 is 1.23 bits per heavy atom. The van der Waals surface area contributed by atoms with Crippen LogP contribution in [0.2, 0.25) is 0 Å². The molecule has 4 heteroatoms. The van der Waals surface area contributed by atoms with Crippen LogP contribution in [0.15, 0.2) is 24.3 Å². The highest BCUT2D eigenvalue weighted by molar-refractivity contribution is 5.72. The Kier molecular flexibility index (Phi) is 5.57. The zero-order chi connectivity index (χ0) is 16.2. The van der Waals surface area contributed by atoms with Crippen LogP contribution in [-0.2, 0) is 22.8 Å². The van der Waals surface area contributed by atoms with Gasteiger partial charge in [-0.2, -0.15) is 0 Å². The molecule has 0 radical (unpaired) electrons. The van der Waals surface area contributed by atoms with E-state index in [2.05, 4.69) is 4.90 Å². The SMILES string of the molecule is CC(C)(C)OC(=O)CN(Cc1ccc(CF)cc1)CC1CC1. The van der Waals surface area contributed by atoms with Crippen LogP contribution in [0.1, 0.15) is 44.7 Å². The van der Waals surface area contributed by atoms with Crippen molar-refractivity contribution in [1.29, 1.82) is 0 Å². The largest absolute Gasteiger partial charge is 0.459 e. The molecule has 0 amide bonds. The lowest BCUT2D eigenvalue weighted by Crippen LogP contribution is -2.35. The zero-order valence-electron chi connectivity index (χ0n) is 13.8. The monoisotopic (exact) mass is 307 g/mol. The molecule has 0 spiro atoms. The minimum Gasteiger partial charge on any atom is -0.459 e. The van der Waals surface area contributed by atoms with Crippen molar-refractivity contribution < 1.29 is 13.9 Å². The number of ether oxygens (including phenoxy) is 1.